The summed E-state index contributed by atoms with van der Waals surface area (Å²) in [4.78, 5) is 26.0. The smallest absolute Gasteiger partial charge is 0.337 e. The molecule has 0 spiro atoms. The SMILES string of the molecule is COC(=O)Cc1ccccc1Oc1ccc(C(=O)O)cn1. The molecule has 0 atom stereocenters. The average molecular weight is 287 g/mol. The highest BCUT2D eigenvalue weighted by atomic mass is 16.5. The van der Waals surface area contributed by atoms with Crippen LogP contribution in [-0.4, -0.2) is 29.1 Å². The second-order valence-corrected chi connectivity index (χ2v) is 4.15. The van der Waals surface area contributed by atoms with E-state index in [1.807, 2.05) is 0 Å². The van der Waals surface area contributed by atoms with Crippen molar-refractivity contribution in [3.63, 3.8) is 0 Å². The van der Waals surface area contributed by atoms with Gasteiger partial charge < -0.3 is 14.6 Å². The third-order valence-corrected chi connectivity index (χ3v) is 2.73. The number of methoxy groups -OCH3 is 1. The van der Waals surface area contributed by atoms with Crippen molar-refractivity contribution < 1.29 is 24.2 Å². The summed E-state index contributed by atoms with van der Waals surface area (Å²) in [6, 6.07) is 9.85. The van der Waals surface area contributed by atoms with Crippen LogP contribution < -0.4 is 4.74 Å². The number of nitrogens with zero attached hydrogens (tertiary/aromatic N) is 1. The molecule has 0 amide bonds. The molecule has 21 heavy (non-hydrogen) atoms. The van der Waals surface area contributed by atoms with Crippen LogP contribution in [-0.2, 0) is 16.0 Å². The normalized spacial score (nSPS) is 9.95. The van der Waals surface area contributed by atoms with E-state index in [9.17, 15) is 9.59 Å². The number of ether oxygens (including phenoxy) is 2. The molecule has 2 aromatic rings. The summed E-state index contributed by atoms with van der Waals surface area (Å²) in [5.41, 5.74) is 0.735. The molecule has 0 saturated heterocycles. The van der Waals surface area contributed by atoms with Gasteiger partial charge in [0.1, 0.15) is 5.75 Å². The molecule has 0 saturated carbocycles. The lowest BCUT2D eigenvalue weighted by molar-refractivity contribution is -0.139. The van der Waals surface area contributed by atoms with E-state index in [0.29, 0.717) is 11.3 Å². The summed E-state index contributed by atoms with van der Waals surface area (Å²) in [5.74, 6) is -0.712. The number of pyridine rings is 1. The number of carboxylic acid groups (broad SMARTS) is 1. The van der Waals surface area contributed by atoms with Gasteiger partial charge in [0.25, 0.3) is 0 Å². The number of carboxylic acids is 1. The quantitative estimate of drug-likeness (QED) is 0.849. The van der Waals surface area contributed by atoms with E-state index in [1.165, 1.54) is 25.4 Å². The van der Waals surface area contributed by atoms with E-state index >= 15 is 0 Å². The lowest BCUT2D eigenvalue weighted by Crippen LogP contribution is -2.05. The Morgan fingerprint density at radius 2 is 1.95 bits per heavy atom. The van der Waals surface area contributed by atoms with Crippen LogP contribution in [0.1, 0.15) is 15.9 Å². The van der Waals surface area contributed by atoms with Crippen molar-refractivity contribution in [2.24, 2.45) is 0 Å². The fraction of sp³-hybridized carbons (Fsp3) is 0.133. The standard InChI is InChI=1S/C15H13NO5/c1-20-14(17)8-10-4-2-3-5-12(10)21-13-7-6-11(9-16-13)15(18)19/h2-7,9H,8H2,1H3,(H,18,19). The Balaban J connectivity index is 2.19. The van der Waals surface area contributed by atoms with Gasteiger partial charge in [-0.25, -0.2) is 9.78 Å². The van der Waals surface area contributed by atoms with E-state index in [-0.39, 0.29) is 23.8 Å². The van der Waals surface area contributed by atoms with E-state index in [4.69, 9.17) is 9.84 Å². The fourth-order valence-electron chi connectivity index (χ4n) is 1.66. The number of carbonyl (C=O) groups excluding carboxylic acids is 1. The monoisotopic (exact) mass is 287 g/mol. The molecule has 0 aliphatic heterocycles. The van der Waals surface area contributed by atoms with Crippen molar-refractivity contribution in [2.75, 3.05) is 7.11 Å². The summed E-state index contributed by atoms with van der Waals surface area (Å²) >= 11 is 0. The summed E-state index contributed by atoms with van der Waals surface area (Å²) in [6.45, 7) is 0. The number of carbonyl (C=O) groups is 2. The first-order valence-electron chi connectivity index (χ1n) is 6.12. The molecule has 0 aliphatic rings. The first-order chi connectivity index (χ1) is 10.1. The molecule has 1 heterocycles. The molecule has 1 aromatic carbocycles. The maximum absolute atomic E-state index is 11.3. The van der Waals surface area contributed by atoms with E-state index < -0.39 is 5.97 Å². The first-order valence-corrected chi connectivity index (χ1v) is 6.12. The van der Waals surface area contributed by atoms with E-state index in [2.05, 4.69) is 9.72 Å². The van der Waals surface area contributed by atoms with Crippen LogP contribution in [0.25, 0.3) is 0 Å². The summed E-state index contributed by atoms with van der Waals surface area (Å²) in [6.07, 6.45) is 1.29. The number of benzene rings is 1. The third kappa shape index (κ3) is 3.79. The first kappa shape index (κ1) is 14.5. The second-order valence-electron chi connectivity index (χ2n) is 4.15. The van der Waals surface area contributed by atoms with Crippen LogP contribution in [0.4, 0.5) is 0 Å². The molecule has 1 N–H and O–H groups in total. The predicted molar refractivity (Wildman–Crippen MR) is 73.4 cm³/mol. The molecular weight excluding hydrogens is 274 g/mol. The second kappa shape index (κ2) is 6.51. The Morgan fingerprint density at radius 1 is 1.19 bits per heavy atom. The molecule has 0 fully saturated rings. The molecule has 0 unspecified atom stereocenters. The van der Waals surface area contributed by atoms with Gasteiger partial charge in [-0.2, -0.15) is 0 Å². The average Bonchev–Trinajstić information content (AvgIpc) is 2.49. The number of hydrogen-bond acceptors (Lipinski definition) is 5. The maximum atomic E-state index is 11.3. The van der Waals surface area contributed by atoms with Crippen molar-refractivity contribution in [3.8, 4) is 11.6 Å². The Labute approximate surface area is 121 Å². The van der Waals surface area contributed by atoms with Gasteiger partial charge in [0, 0.05) is 17.8 Å². The number of hydrogen-bond donors (Lipinski definition) is 1. The van der Waals surface area contributed by atoms with Gasteiger partial charge in [-0.05, 0) is 12.1 Å². The number of aromatic carboxylic acids is 1. The molecule has 0 radical (unpaired) electrons. The number of aromatic nitrogens is 1. The summed E-state index contributed by atoms with van der Waals surface area (Å²) in [7, 11) is 1.32. The molecule has 6 nitrogen and oxygen atoms in total. The van der Waals surface area contributed by atoms with Crippen LogP contribution in [0.15, 0.2) is 42.6 Å². The largest absolute Gasteiger partial charge is 0.478 e. The van der Waals surface area contributed by atoms with Gasteiger partial charge in [-0.15, -0.1) is 0 Å². The molecule has 1 aromatic heterocycles. The van der Waals surface area contributed by atoms with Crippen molar-refractivity contribution in [3.05, 3.63) is 53.7 Å². The highest BCUT2D eigenvalue weighted by molar-refractivity contribution is 5.87. The van der Waals surface area contributed by atoms with Crippen LogP contribution >= 0.6 is 0 Å². The fourth-order valence-corrected chi connectivity index (χ4v) is 1.66. The molecule has 108 valence electrons. The topological polar surface area (TPSA) is 85.7 Å². The Hall–Kier alpha value is -2.89. The predicted octanol–water partition coefficient (Wildman–Crippen LogP) is 2.29. The Morgan fingerprint density at radius 3 is 2.57 bits per heavy atom. The van der Waals surface area contributed by atoms with Crippen LogP contribution in [0, 0.1) is 0 Å². The number of esters is 1. The van der Waals surface area contributed by atoms with Crippen molar-refractivity contribution in [1.82, 2.24) is 4.98 Å². The molecule has 2 rings (SSSR count). The zero-order valence-electron chi connectivity index (χ0n) is 11.3. The minimum absolute atomic E-state index is 0.0743. The highest BCUT2D eigenvalue weighted by Gasteiger charge is 2.10. The Bertz CT molecular complexity index is 651. The van der Waals surface area contributed by atoms with E-state index in [1.54, 1.807) is 24.3 Å². The number of rotatable bonds is 5. The van der Waals surface area contributed by atoms with Crippen molar-refractivity contribution >= 4 is 11.9 Å². The van der Waals surface area contributed by atoms with Gasteiger partial charge in [-0.3, -0.25) is 4.79 Å². The van der Waals surface area contributed by atoms with Crippen molar-refractivity contribution in [1.29, 1.82) is 0 Å². The molecular formula is C15H13NO5. The van der Waals surface area contributed by atoms with Gasteiger partial charge in [-0.1, -0.05) is 18.2 Å². The van der Waals surface area contributed by atoms with Gasteiger partial charge >= 0.3 is 11.9 Å². The van der Waals surface area contributed by atoms with Gasteiger partial charge in [0.2, 0.25) is 5.88 Å². The molecule has 0 aliphatic carbocycles. The zero-order chi connectivity index (χ0) is 15.2. The Kier molecular flexibility index (Phi) is 4.50. The van der Waals surface area contributed by atoms with Gasteiger partial charge in [0.15, 0.2) is 0 Å². The summed E-state index contributed by atoms with van der Waals surface area (Å²) in [5, 5.41) is 8.80. The third-order valence-electron chi connectivity index (χ3n) is 2.73. The molecule has 6 heteroatoms. The zero-order valence-corrected chi connectivity index (χ0v) is 11.3. The highest BCUT2D eigenvalue weighted by Crippen LogP contribution is 2.24. The van der Waals surface area contributed by atoms with Gasteiger partial charge in [0.05, 0.1) is 19.1 Å². The summed E-state index contributed by atoms with van der Waals surface area (Å²) < 4.78 is 10.2. The van der Waals surface area contributed by atoms with Crippen LogP contribution in [0.2, 0.25) is 0 Å². The van der Waals surface area contributed by atoms with E-state index in [0.717, 1.165) is 0 Å². The minimum Gasteiger partial charge on any atom is -0.478 e. The lowest BCUT2D eigenvalue weighted by Gasteiger charge is -2.09. The van der Waals surface area contributed by atoms with Crippen LogP contribution in [0.5, 0.6) is 11.6 Å². The van der Waals surface area contributed by atoms with Crippen molar-refractivity contribution in [2.45, 2.75) is 6.42 Å². The maximum Gasteiger partial charge on any atom is 0.337 e. The van der Waals surface area contributed by atoms with Crippen LogP contribution in [0.3, 0.4) is 0 Å². The lowest BCUT2D eigenvalue weighted by atomic mass is 10.1. The number of para-hydroxylation sites is 1. The minimum atomic E-state index is -1.06. The molecule has 0 bridgehead atoms.